The number of halogens is 3. The van der Waals surface area contributed by atoms with Gasteiger partial charge in [-0.1, -0.05) is 59.3 Å². The third-order valence-electron chi connectivity index (χ3n) is 4.83. The second-order valence-corrected chi connectivity index (χ2v) is 8.14. The van der Waals surface area contributed by atoms with Gasteiger partial charge >= 0.3 is 12.1 Å². The predicted molar refractivity (Wildman–Crippen MR) is 120 cm³/mol. The average Bonchev–Trinajstić information content (AvgIpc) is 2.65. The van der Waals surface area contributed by atoms with E-state index in [0.29, 0.717) is 6.61 Å². The van der Waals surface area contributed by atoms with Gasteiger partial charge in [0.05, 0.1) is 12.2 Å². The first kappa shape index (κ1) is 26.5. The van der Waals surface area contributed by atoms with E-state index in [1.165, 1.54) is 6.08 Å². The van der Waals surface area contributed by atoms with Gasteiger partial charge in [-0.15, -0.1) is 0 Å². The fourth-order valence-electron chi connectivity index (χ4n) is 2.95. The smallest absolute Gasteiger partial charge is 0.416 e. The highest BCUT2D eigenvalue weighted by atomic mass is 19.4. The van der Waals surface area contributed by atoms with Crippen molar-refractivity contribution in [1.29, 1.82) is 0 Å². The highest BCUT2D eigenvalue weighted by Gasteiger charge is 2.32. The molecule has 0 aliphatic rings. The molecule has 0 bridgehead atoms. The maximum Gasteiger partial charge on any atom is 0.416 e. The van der Waals surface area contributed by atoms with Gasteiger partial charge in [0.25, 0.3) is 0 Å². The second kappa shape index (κ2) is 11.8. The normalized spacial score (nSPS) is 13.5. The van der Waals surface area contributed by atoms with Gasteiger partial charge in [0, 0.05) is 11.6 Å². The Bertz CT molecular complexity index is 844. The Morgan fingerprint density at radius 1 is 1.16 bits per heavy atom. The maximum atomic E-state index is 13.0. The molecule has 0 amide bonds. The number of alkyl halides is 3. The number of benzene rings is 1. The summed E-state index contributed by atoms with van der Waals surface area (Å²) in [6.45, 7) is 12.8. The maximum absolute atomic E-state index is 13.0. The van der Waals surface area contributed by atoms with Crippen LogP contribution in [0.5, 0.6) is 5.75 Å². The van der Waals surface area contributed by atoms with Crippen molar-refractivity contribution >= 4 is 11.5 Å². The van der Waals surface area contributed by atoms with Gasteiger partial charge in [-0.05, 0) is 54.0 Å². The minimum atomic E-state index is -4.74. The van der Waals surface area contributed by atoms with Gasteiger partial charge in [-0.2, -0.15) is 13.2 Å². The molecule has 1 aromatic carbocycles. The lowest BCUT2D eigenvalue weighted by molar-refractivity contribution is -0.132. The fourth-order valence-corrected chi connectivity index (χ4v) is 2.95. The summed E-state index contributed by atoms with van der Waals surface area (Å²) < 4.78 is 45.2. The van der Waals surface area contributed by atoms with E-state index in [1.54, 1.807) is 6.08 Å². The molecule has 3 nitrogen and oxygen atoms in total. The van der Waals surface area contributed by atoms with E-state index < -0.39 is 17.7 Å². The summed E-state index contributed by atoms with van der Waals surface area (Å²) >= 11 is 0. The second-order valence-electron chi connectivity index (χ2n) is 8.14. The molecule has 0 spiro atoms. The third-order valence-corrected chi connectivity index (χ3v) is 4.83. The molecule has 1 aromatic rings. The molecule has 0 radical (unpaired) electrons. The molecule has 0 saturated carbocycles. The van der Waals surface area contributed by atoms with Crippen LogP contribution in [0.15, 0.2) is 42.0 Å². The van der Waals surface area contributed by atoms with Crippen molar-refractivity contribution in [2.75, 3.05) is 6.61 Å². The van der Waals surface area contributed by atoms with Crippen molar-refractivity contribution in [2.45, 2.75) is 72.4 Å². The Hall–Kier alpha value is -2.50. The Labute approximate surface area is 183 Å². The van der Waals surface area contributed by atoms with E-state index in [9.17, 15) is 18.0 Å². The molecule has 0 saturated heterocycles. The first-order valence-electron chi connectivity index (χ1n) is 10.6. The van der Waals surface area contributed by atoms with E-state index >= 15 is 0 Å². The standard InChI is InChI=1S/C25H33F3O3/c1-7-8-12-31-24-21(17(4)5)13-19(16(2)3)14-22(24)18(6)10-9-11-20(15-23(29)30)25(26,27)28/h9-11,13-17H,7-8,12H2,1-6H3,(H,29,30)/b11-9+,18-10+,20-15+. The van der Waals surface area contributed by atoms with Crippen LogP contribution in [0.3, 0.4) is 0 Å². The fraction of sp³-hybridized carbons (Fsp3) is 0.480. The number of ether oxygens (including phenoxy) is 1. The molecule has 31 heavy (non-hydrogen) atoms. The van der Waals surface area contributed by atoms with Crippen LogP contribution in [-0.4, -0.2) is 23.9 Å². The monoisotopic (exact) mass is 438 g/mol. The van der Waals surface area contributed by atoms with Crippen molar-refractivity contribution in [3.8, 4) is 5.75 Å². The van der Waals surface area contributed by atoms with Crippen molar-refractivity contribution in [2.24, 2.45) is 0 Å². The first-order valence-corrected chi connectivity index (χ1v) is 10.6. The van der Waals surface area contributed by atoms with Gasteiger partial charge < -0.3 is 9.84 Å². The largest absolute Gasteiger partial charge is 0.493 e. The number of rotatable bonds is 10. The van der Waals surface area contributed by atoms with Crippen molar-refractivity contribution in [3.05, 3.63) is 58.7 Å². The molecule has 1 rings (SSSR count). The van der Waals surface area contributed by atoms with Crippen LogP contribution in [0.25, 0.3) is 5.57 Å². The van der Waals surface area contributed by atoms with Gasteiger partial charge in [0.15, 0.2) is 0 Å². The minimum absolute atomic E-state index is 0.162. The lowest BCUT2D eigenvalue weighted by atomic mass is 9.89. The topological polar surface area (TPSA) is 46.5 Å². The van der Waals surface area contributed by atoms with E-state index in [2.05, 4.69) is 40.7 Å². The van der Waals surface area contributed by atoms with E-state index in [0.717, 1.165) is 46.9 Å². The van der Waals surface area contributed by atoms with Gasteiger partial charge in [0.2, 0.25) is 0 Å². The molecule has 0 aliphatic heterocycles. The van der Waals surface area contributed by atoms with Crippen LogP contribution in [0.1, 0.15) is 82.9 Å². The van der Waals surface area contributed by atoms with E-state index in [1.807, 2.05) is 13.0 Å². The minimum Gasteiger partial charge on any atom is -0.493 e. The molecular weight excluding hydrogens is 405 g/mol. The van der Waals surface area contributed by atoms with Gasteiger partial charge in [-0.3, -0.25) is 0 Å². The van der Waals surface area contributed by atoms with Crippen LogP contribution in [0.4, 0.5) is 13.2 Å². The quantitative estimate of drug-likeness (QED) is 0.232. The first-order chi connectivity index (χ1) is 14.4. The average molecular weight is 439 g/mol. The van der Waals surface area contributed by atoms with Crippen LogP contribution in [0, 0.1) is 0 Å². The Kier molecular flexibility index (Phi) is 10.1. The SMILES string of the molecule is CCCCOc1c(/C(C)=C/C=C/C(=C\C(=O)O)C(F)(F)F)cc(C(C)C)cc1C(C)C. The van der Waals surface area contributed by atoms with Crippen molar-refractivity contribution < 1.29 is 27.8 Å². The number of unbranched alkanes of at least 4 members (excludes halogenated alkanes) is 1. The van der Waals surface area contributed by atoms with Gasteiger partial charge in [-0.25, -0.2) is 4.79 Å². The number of carboxylic acid groups (broad SMARTS) is 1. The predicted octanol–water partition coefficient (Wildman–Crippen LogP) is 7.65. The summed E-state index contributed by atoms with van der Waals surface area (Å²) in [4.78, 5) is 10.7. The zero-order chi connectivity index (χ0) is 23.8. The Morgan fingerprint density at radius 2 is 1.81 bits per heavy atom. The summed E-state index contributed by atoms with van der Waals surface area (Å²) in [7, 11) is 0. The molecule has 0 heterocycles. The van der Waals surface area contributed by atoms with Crippen LogP contribution >= 0.6 is 0 Å². The van der Waals surface area contributed by atoms with Crippen LogP contribution in [0.2, 0.25) is 0 Å². The molecular formula is C25H33F3O3. The number of hydrogen-bond donors (Lipinski definition) is 1. The number of aliphatic carboxylic acids is 1. The third kappa shape index (κ3) is 8.27. The van der Waals surface area contributed by atoms with Crippen molar-refractivity contribution in [3.63, 3.8) is 0 Å². The summed E-state index contributed by atoms with van der Waals surface area (Å²) in [5.74, 6) is -0.394. The lowest BCUT2D eigenvalue weighted by Gasteiger charge is -2.21. The molecule has 0 aliphatic carbocycles. The number of allylic oxidation sites excluding steroid dienone is 5. The number of hydrogen-bond acceptors (Lipinski definition) is 2. The molecule has 6 heteroatoms. The number of carbonyl (C=O) groups is 1. The Balaban J connectivity index is 3.49. The van der Waals surface area contributed by atoms with Gasteiger partial charge in [0.1, 0.15) is 5.75 Å². The molecule has 0 aromatic heterocycles. The molecule has 1 N–H and O–H groups in total. The Morgan fingerprint density at radius 3 is 2.29 bits per heavy atom. The summed E-state index contributed by atoms with van der Waals surface area (Å²) in [6.07, 6.45) is 0.861. The van der Waals surface area contributed by atoms with Crippen molar-refractivity contribution in [1.82, 2.24) is 0 Å². The molecule has 0 atom stereocenters. The van der Waals surface area contributed by atoms with Crippen LogP contribution in [-0.2, 0) is 4.79 Å². The highest BCUT2D eigenvalue weighted by molar-refractivity contribution is 5.81. The molecule has 0 unspecified atom stereocenters. The molecule has 172 valence electrons. The summed E-state index contributed by atoms with van der Waals surface area (Å²) in [6, 6.07) is 4.16. The summed E-state index contributed by atoms with van der Waals surface area (Å²) in [5, 5.41) is 8.70. The van der Waals surface area contributed by atoms with E-state index in [-0.39, 0.29) is 17.9 Å². The molecule has 0 fully saturated rings. The highest BCUT2D eigenvalue weighted by Crippen LogP contribution is 2.38. The lowest BCUT2D eigenvalue weighted by Crippen LogP contribution is -2.11. The van der Waals surface area contributed by atoms with E-state index in [4.69, 9.17) is 9.84 Å². The number of carboxylic acids is 1. The zero-order valence-corrected chi connectivity index (χ0v) is 19.1. The zero-order valence-electron chi connectivity index (χ0n) is 19.1. The van der Waals surface area contributed by atoms with Crippen LogP contribution < -0.4 is 4.74 Å². The summed E-state index contributed by atoms with van der Waals surface area (Å²) in [5.41, 5.74) is 2.55.